The number of nitrogens with one attached hydrogen (secondary N) is 1. The molecule has 0 bridgehead atoms. The van der Waals surface area contributed by atoms with Crippen molar-refractivity contribution in [3.05, 3.63) is 98.5 Å². The lowest BCUT2D eigenvalue weighted by atomic mass is 10.0. The fourth-order valence-electron chi connectivity index (χ4n) is 6.65. The SMILES string of the molecule is CCCCCCCCCCCCS(=O)(=O)c1cc(Cl)c(NC(=O)C(OCc2ccccc2)c2nc(=O)c3ccccc3n2C(=O)C2(CC)CC2)cc1Cl. The van der Waals surface area contributed by atoms with E-state index in [0.29, 0.717) is 31.2 Å². The molecule has 3 aromatic carbocycles. The first-order valence-electron chi connectivity index (χ1n) is 18.8. The predicted octanol–water partition coefficient (Wildman–Crippen LogP) is 10.1. The lowest BCUT2D eigenvalue weighted by molar-refractivity contribution is -0.129. The smallest absolute Gasteiger partial charge is 0.280 e. The molecule has 4 aromatic rings. The summed E-state index contributed by atoms with van der Waals surface area (Å²) in [6, 6.07) is 18.3. The quantitative estimate of drug-likeness (QED) is 0.0885. The number of unbranched alkanes of at least 4 members (excludes halogenated alkanes) is 9. The second kappa shape index (κ2) is 18.7. The Morgan fingerprint density at radius 3 is 2.13 bits per heavy atom. The molecule has 1 unspecified atom stereocenters. The molecule has 1 saturated carbocycles. The van der Waals surface area contributed by atoms with Crippen LogP contribution >= 0.6 is 23.2 Å². The van der Waals surface area contributed by atoms with Gasteiger partial charge in [0.15, 0.2) is 21.8 Å². The number of anilines is 1. The molecule has 1 aromatic heterocycles. The van der Waals surface area contributed by atoms with Gasteiger partial charge in [0, 0.05) is 5.41 Å². The number of carbonyl (C=O) groups excluding carboxylic acids is 2. The molecule has 1 aliphatic rings. The zero-order chi connectivity index (χ0) is 38.0. The molecule has 0 aliphatic heterocycles. The van der Waals surface area contributed by atoms with Crippen LogP contribution in [0.25, 0.3) is 10.9 Å². The summed E-state index contributed by atoms with van der Waals surface area (Å²) in [5.41, 5.74) is -0.134. The Labute approximate surface area is 322 Å². The molecule has 1 amide bonds. The van der Waals surface area contributed by atoms with Crippen molar-refractivity contribution >= 4 is 61.4 Å². The van der Waals surface area contributed by atoms with Crippen molar-refractivity contribution in [3.63, 3.8) is 0 Å². The number of hydrogen-bond acceptors (Lipinski definition) is 7. The van der Waals surface area contributed by atoms with E-state index >= 15 is 0 Å². The van der Waals surface area contributed by atoms with Gasteiger partial charge in [-0.3, -0.25) is 19.0 Å². The minimum atomic E-state index is -3.76. The lowest BCUT2D eigenvalue weighted by Crippen LogP contribution is -2.35. The van der Waals surface area contributed by atoms with E-state index < -0.39 is 32.8 Å². The summed E-state index contributed by atoms with van der Waals surface area (Å²) in [4.78, 5) is 46.0. The molecular formula is C41H49Cl2N3O6S. The van der Waals surface area contributed by atoms with Crippen LogP contribution in [0.4, 0.5) is 5.69 Å². The first kappa shape index (κ1) is 40.6. The molecule has 1 N–H and O–H groups in total. The van der Waals surface area contributed by atoms with Gasteiger partial charge in [0.2, 0.25) is 5.91 Å². The van der Waals surface area contributed by atoms with Crippen molar-refractivity contribution in [2.24, 2.45) is 5.41 Å². The number of fused-ring (bicyclic) bond motifs is 1. The number of hydrogen-bond donors (Lipinski definition) is 1. The summed E-state index contributed by atoms with van der Waals surface area (Å²) in [5, 5.41) is 2.81. The van der Waals surface area contributed by atoms with Gasteiger partial charge in [-0.05, 0) is 55.5 Å². The zero-order valence-electron chi connectivity index (χ0n) is 30.5. The Kier molecular flexibility index (Phi) is 14.3. The van der Waals surface area contributed by atoms with Crippen LogP contribution in [-0.4, -0.2) is 35.5 Å². The molecule has 0 saturated heterocycles. The summed E-state index contributed by atoms with van der Waals surface area (Å²) in [5.74, 6) is -1.27. The molecule has 9 nitrogen and oxygen atoms in total. The third kappa shape index (κ3) is 10.1. The molecule has 0 spiro atoms. The third-order valence-corrected chi connectivity index (χ3v) is 12.7. The second-order valence-electron chi connectivity index (χ2n) is 14.0. The van der Waals surface area contributed by atoms with Crippen molar-refractivity contribution < 1.29 is 22.7 Å². The lowest BCUT2D eigenvalue weighted by Gasteiger charge is -2.24. The number of nitrogens with zero attached hydrogens (tertiary/aromatic N) is 2. The van der Waals surface area contributed by atoms with Crippen LogP contribution < -0.4 is 10.9 Å². The van der Waals surface area contributed by atoms with Crippen LogP contribution in [0.1, 0.15) is 120 Å². The van der Waals surface area contributed by atoms with Gasteiger partial charge in [-0.2, -0.15) is 4.98 Å². The number of rotatable bonds is 20. The van der Waals surface area contributed by atoms with Crippen LogP contribution in [-0.2, 0) is 26.0 Å². The maximum absolute atomic E-state index is 14.2. The monoisotopic (exact) mass is 781 g/mol. The Bertz CT molecular complexity index is 2070. The van der Waals surface area contributed by atoms with E-state index in [1.54, 1.807) is 24.3 Å². The van der Waals surface area contributed by atoms with Gasteiger partial charge in [0.25, 0.3) is 11.5 Å². The standard InChI is InChI=1S/C41H49Cl2N3O6S/c1-3-5-6-7-8-9-10-11-12-18-25-53(50,51)35-27-31(42)33(26-32(35)43)44-39(48)36(52-28-29-19-14-13-15-20-29)37-45-38(47)30-21-16-17-22-34(30)46(37)40(49)41(4-2)23-24-41/h13-17,19-22,26-27,36H,3-12,18,23-25,28H2,1-2H3,(H,44,48). The summed E-state index contributed by atoms with van der Waals surface area (Å²) in [6.07, 6.45) is 11.1. The molecule has 1 fully saturated rings. The van der Waals surface area contributed by atoms with Gasteiger partial charge in [0.05, 0.1) is 43.9 Å². The number of ether oxygens (including phenoxy) is 1. The predicted molar refractivity (Wildman–Crippen MR) is 212 cm³/mol. The summed E-state index contributed by atoms with van der Waals surface area (Å²) < 4.78 is 34.2. The highest BCUT2D eigenvalue weighted by molar-refractivity contribution is 7.91. The van der Waals surface area contributed by atoms with Crippen LogP contribution in [0.3, 0.4) is 0 Å². The van der Waals surface area contributed by atoms with Gasteiger partial charge in [-0.15, -0.1) is 0 Å². The minimum Gasteiger partial charge on any atom is -0.356 e. The first-order chi connectivity index (χ1) is 25.5. The fourth-order valence-corrected chi connectivity index (χ4v) is 8.90. The number of sulfone groups is 1. The molecule has 53 heavy (non-hydrogen) atoms. The number of carbonyl (C=O) groups is 2. The van der Waals surface area contributed by atoms with Gasteiger partial charge in [0.1, 0.15) is 0 Å². The van der Waals surface area contributed by atoms with Crippen molar-refractivity contribution in [1.29, 1.82) is 0 Å². The highest BCUT2D eigenvalue weighted by atomic mass is 35.5. The largest absolute Gasteiger partial charge is 0.356 e. The van der Waals surface area contributed by atoms with Crippen molar-refractivity contribution in [3.8, 4) is 0 Å². The Morgan fingerprint density at radius 1 is 0.868 bits per heavy atom. The van der Waals surface area contributed by atoms with Gasteiger partial charge < -0.3 is 10.1 Å². The van der Waals surface area contributed by atoms with E-state index in [1.807, 2.05) is 37.3 Å². The second-order valence-corrected chi connectivity index (χ2v) is 16.9. The topological polar surface area (TPSA) is 124 Å². The summed E-state index contributed by atoms with van der Waals surface area (Å²) in [7, 11) is -3.76. The molecule has 1 aliphatic carbocycles. The summed E-state index contributed by atoms with van der Waals surface area (Å²) >= 11 is 13.2. The van der Waals surface area contributed by atoms with E-state index in [-0.39, 0.29) is 50.1 Å². The van der Waals surface area contributed by atoms with Crippen LogP contribution in [0.15, 0.2) is 76.4 Å². The Balaban J connectivity index is 1.38. The van der Waals surface area contributed by atoms with E-state index in [4.69, 9.17) is 27.9 Å². The van der Waals surface area contributed by atoms with Crippen LogP contribution in [0.5, 0.6) is 0 Å². The normalized spacial score (nSPS) is 14.3. The van der Waals surface area contributed by atoms with Gasteiger partial charge >= 0.3 is 0 Å². The number of amides is 1. The average Bonchev–Trinajstić information content (AvgIpc) is 3.96. The third-order valence-electron chi connectivity index (χ3n) is 10.1. The average molecular weight is 783 g/mol. The number of aromatic nitrogens is 2. The van der Waals surface area contributed by atoms with Crippen LogP contribution in [0, 0.1) is 5.41 Å². The number of halogens is 2. The van der Waals surface area contributed by atoms with E-state index in [1.165, 1.54) is 48.8 Å². The fraction of sp³-hybridized carbons (Fsp3) is 0.463. The first-order valence-corrected chi connectivity index (χ1v) is 21.2. The molecule has 1 atom stereocenters. The van der Waals surface area contributed by atoms with E-state index in [9.17, 15) is 22.8 Å². The van der Waals surface area contributed by atoms with E-state index in [0.717, 1.165) is 31.2 Å². The molecule has 0 radical (unpaired) electrons. The molecule has 1 heterocycles. The maximum atomic E-state index is 14.2. The Morgan fingerprint density at radius 2 is 1.49 bits per heavy atom. The van der Waals surface area contributed by atoms with E-state index in [2.05, 4.69) is 17.2 Å². The van der Waals surface area contributed by atoms with Gasteiger partial charge in [-0.25, -0.2) is 8.42 Å². The van der Waals surface area contributed by atoms with Crippen LogP contribution in [0.2, 0.25) is 10.0 Å². The van der Waals surface area contributed by atoms with Gasteiger partial charge in [-0.1, -0.05) is 137 Å². The minimum absolute atomic E-state index is 0.0423. The van der Waals surface area contributed by atoms with Crippen molar-refractivity contribution in [2.45, 2.75) is 115 Å². The molecule has 284 valence electrons. The highest BCUT2D eigenvalue weighted by Crippen LogP contribution is 2.50. The molecule has 12 heteroatoms. The zero-order valence-corrected chi connectivity index (χ0v) is 32.9. The molecular weight excluding hydrogens is 733 g/mol. The number of benzene rings is 3. The summed E-state index contributed by atoms with van der Waals surface area (Å²) in [6.45, 7) is 4.10. The van der Waals surface area contributed by atoms with Crippen molar-refractivity contribution in [1.82, 2.24) is 9.55 Å². The number of para-hydroxylation sites is 1. The highest BCUT2D eigenvalue weighted by Gasteiger charge is 2.50. The van der Waals surface area contributed by atoms with Crippen molar-refractivity contribution in [2.75, 3.05) is 11.1 Å². The Hall–Kier alpha value is -3.57. The molecule has 5 rings (SSSR count). The maximum Gasteiger partial charge on any atom is 0.280 e.